The zero-order valence-corrected chi connectivity index (χ0v) is 14.8. The summed E-state index contributed by atoms with van der Waals surface area (Å²) in [7, 11) is -1.11. The third kappa shape index (κ3) is 4.74. The molecular weight excluding hydrogens is 315 g/mol. The summed E-state index contributed by atoms with van der Waals surface area (Å²) in [6.45, 7) is 4.16. The van der Waals surface area contributed by atoms with Crippen LogP contribution in [0.25, 0.3) is 0 Å². The molecular formula is C20H21N2OP. The summed E-state index contributed by atoms with van der Waals surface area (Å²) < 4.78 is 6.13. The Balaban J connectivity index is 1.76. The van der Waals surface area contributed by atoms with Crippen molar-refractivity contribution >= 4 is 19.8 Å². The van der Waals surface area contributed by atoms with Crippen molar-refractivity contribution in [1.82, 2.24) is 0 Å². The van der Waals surface area contributed by atoms with Crippen LogP contribution in [0.3, 0.4) is 0 Å². The first kappa shape index (κ1) is 16.4. The number of anilines is 2. The van der Waals surface area contributed by atoms with Gasteiger partial charge in [-0.1, -0.05) is 53.6 Å². The Morgan fingerprint density at radius 2 is 1.08 bits per heavy atom. The Kier molecular flexibility index (Phi) is 5.35. The van der Waals surface area contributed by atoms with Crippen LogP contribution in [0.1, 0.15) is 11.1 Å². The van der Waals surface area contributed by atoms with Gasteiger partial charge in [-0.05, 0) is 50.2 Å². The first-order chi connectivity index (χ1) is 11.7. The van der Waals surface area contributed by atoms with Gasteiger partial charge in [0.05, 0.1) is 0 Å². The molecule has 24 heavy (non-hydrogen) atoms. The molecule has 0 unspecified atom stereocenters. The van der Waals surface area contributed by atoms with E-state index in [9.17, 15) is 0 Å². The van der Waals surface area contributed by atoms with E-state index >= 15 is 0 Å². The van der Waals surface area contributed by atoms with E-state index in [1.165, 1.54) is 11.1 Å². The van der Waals surface area contributed by atoms with Gasteiger partial charge in [-0.25, -0.2) is 0 Å². The number of hydrogen-bond donors (Lipinski definition) is 2. The van der Waals surface area contributed by atoms with Gasteiger partial charge in [-0.2, -0.15) is 0 Å². The Bertz CT molecular complexity index is 710. The molecule has 4 heteroatoms. The van der Waals surface area contributed by atoms with E-state index in [4.69, 9.17) is 4.52 Å². The van der Waals surface area contributed by atoms with Gasteiger partial charge >= 0.3 is 8.45 Å². The van der Waals surface area contributed by atoms with Gasteiger partial charge in [-0.3, -0.25) is 0 Å². The monoisotopic (exact) mass is 336 g/mol. The van der Waals surface area contributed by atoms with Crippen molar-refractivity contribution in [2.45, 2.75) is 13.8 Å². The second-order valence-corrected chi connectivity index (χ2v) is 6.87. The minimum Gasteiger partial charge on any atom is -0.437 e. The molecule has 0 saturated carbocycles. The van der Waals surface area contributed by atoms with Crippen LogP contribution in [-0.4, -0.2) is 0 Å². The summed E-state index contributed by atoms with van der Waals surface area (Å²) in [5, 5.41) is 6.90. The largest absolute Gasteiger partial charge is 0.437 e. The second kappa shape index (κ2) is 7.85. The van der Waals surface area contributed by atoms with Crippen molar-refractivity contribution in [2.75, 3.05) is 10.2 Å². The van der Waals surface area contributed by atoms with E-state index in [0.29, 0.717) is 0 Å². The quantitative estimate of drug-likeness (QED) is 0.531. The lowest BCUT2D eigenvalue weighted by Gasteiger charge is -2.21. The molecule has 0 atom stereocenters. The number of benzene rings is 3. The molecule has 0 bridgehead atoms. The van der Waals surface area contributed by atoms with Crippen LogP contribution in [0.4, 0.5) is 11.4 Å². The number of para-hydroxylation sites is 1. The maximum atomic E-state index is 6.13. The van der Waals surface area contributed by atoms with Crippen molar-refractivity contribution in [1.29, 1.82) is 0 Å². The van der Waals surface area contributed by atoms with Crippen molar-refractivity contribution in [2.24, 2.45) is 0 Å². The fraction of sp³-hybridized carbons (Fsp3) is 0.100. The van der Waals surface area contributed by atoms with Gasteiger partial charge in [0.25, 0.3) is 0 Å². The summed E-state index contributed by atoms with van der Waals surface area (Å²) in [5.74, 6) is 0.836. The van der Waals surface area contributed by atoms with Crippen LogP contribution in [0.15, 0.2) is 78.9 Å². The zero-order valence-electron chi connectivity index (χ0n) is 13.9. The predicted octanol–water partition coefficient (Wildman–Crippen LogP) is 6.13. The fourth-order valence-electron chi connectivity index (χ4n) is 2.15. The molecule has 3 rings (SSSR count). The van der Waals surface area contributed by atoms with Gasteiger partial charge in [0, 0.05) is 11.4 Å². The van der Waals surface area contributed by atoms with Crippen LogP contribution < -0.4 is 14.7 Å². The lowest BCUT2D eigenvalue weighted by Crippen LogP contribution is -2.07. The maximum Gasteiger partial charge on any atom is 0.304 e. The molecule has 0 saturated heterocycles. The van der Waals surface area contributed by atoms with Crippen LogP contribution >= 0.6 is 8.45 Å². The second-order valence-electron chi connectivity index (χ2n) is 5.65. The first-order valence-electron chi connectivity index (χ1n) is 7.89. The topological polar surface area (TPSA) is 33.3 Å². The van der Waals surface area contributed by atoms with Crippen molar-refractivity contribution < 1.29 is 4.52 Å². The third-order valence-electron chi connectivity index (χ3n) is 3.50. The Labute approximate surface area is 144 Å². The number of nitrogens with one attached hydrogen (secondary N) is 2. The van der Waals surface area contributed by atoms with E-state index in [1.807, 2.05) is 30.3 Å². The van der Waals surface area contributed by atoms with Gasteiger partial charge in [0.2, 0.25) is 0 Å². The SMILES string of the molecule is Cc1ccc(NP(Nc2ccc(C)cc2)Oc2ccccc2)cc1. The van der Waals surface area contributed by atoms with E-state index < -0.39 is 8.45 Å². The molecule has 0 amide bonds. The van der Waals surface area contributed by atoms with Crippen molar-refractivity contribution in [3.63, 3.8) is 0 Å². The highest BCUT2D eigenvalue weighted by atomic mass is 31.2. The van der Waals surface area contributed by atoms with E-state index in [-0.39, 0.29) is 0 Å². The fourth-order valence-corrected chi connectivity index (χ4v) is 3.40. The van der Waals surface area contributed by atoms with E-state index in [0.717, 1.165) is 17.1 Å². The molecule has 0 aliphatic heterocycles. The maximum absolute atomic E-state index is 6.13. The molecule has 0 aliphatic carbocycles. The average Bonchev–Trinajstić information content (AvgIpc) is 2.60. The average molecular weight is 336 g/mol. The number of hydrogen-bond acceptors (Lipinski definition) is 3. The molecule has 0 spiro atoms. The minimum absolute atomic E-state index is 0.836. The summed E-state index contributed by atoms with van der Waals surface area (Å²) >= 11 is 0. The highest BCUT2D eigenvalue weighted by Crippen LogP contribution is 2.39. The molecule has 0 aliphatic rings. The van der Waals surface area contributed by atoms with Gasteiger partial charge < -0.3 is 14.7 Å². The van der Waals surface area contributed by atoms with Gasteiger partial charge in [-0.15, -0.1) is 0 Å². The summed E-state index contributed by atoms with van der Waals surface area (Å²) in [6.07, 6.45) is 0. The number of rotatable bonds is 6. The smallest absolute Gasteiger partial charge is 0.304 e. The van der Waals surface area contributed by atoms with Gasteiger partial charge in [0.15, 0.2) is 0 Å². The molecule has 3 nitrogen and oxygen atoms in total. The minimum atomic E-state index is -1.11. The van der Waals surface area contributed by atoms with Gasteiger partial charge in [0.1, 0.15) is 5.75 Å². The standard InChI is InChI=1S/C20H21N2OP/c1-16-8-12-18(13-9-16)21-24(23-20-6-4-3-5-7-20)22-19-14-10-17(2)11-15-19/h3-15,21-22H,1-2H3. The van der Waals surface area contributed by atoms with Crippen LogP contribution in [0, 0.1) is 13.8 Å². The van der Waals surface area contributed by atoms with Crippen LogP contribution in [-0.2, 0) is 0 Å². The lowest BCUT2D eigenvalue weighted by atomic mass is 10.2. The van der Waals surface area contributed by atoms with E-state index in [2.05, 4.69) is 72.6 Å². The molecule has 0 fully saturated rings. The molecule has 0 aromatic heterocycles. The molecule has 0 heterocycles. The normalized spacial score (nSPS) is 10.5. The predicted molar refractivity (Wildman–Crippen MR) is 104 cm³/mol. The Morgan fingerprint density at radius 1 is 0.625 bits per heavy atom. The van der Waals surface area contributed by atoms with Crippen LogP contribution in [0.2, 0.25) is 0 Å². The molecule has 0 radical (unpaired) electrons. The molecule has 122 valence electrons. The van der Waals surface area contributed by atoms with Crippen LogP contribution in [0.5, 0.6) is 5.75 Å². The zero-order chi connectivity index (χ0) is 16.8. The van der Waals surface area contributed by atoms with Crippen molar-refractivity contribution in [3.8, 4) is 5.75 Å². The summed E-state index contributed by atoms with van der Waals surface area (Å²) in [4.78, 5) is 0. The molecule has 2 N–H and O–H groups in total. The lowest BCUT2D eigenvalue weighted by molar-refractivity contribution is 0.622. The number of aryl methyl sites for hydroxylation is 2. The summed E-state index contributed by atoms with van der Waals surface area (Å²) in [6, 6.07) is 26.5. The third-order valence-corrected chi connectivity index (χ3v) is 4.82. The Hall–Kier alpha value is -2.51. The highest BCUT2D eigenvalue weighted by Gasteiger charge is 2.12. The van der Waals surface area contributed by atoms with Crippen molar-refractivity contribution in [3.05, 3.63) is 90.0 Å². The highest BCUT2D eigenvalue weighted by molar-refractivity contribution is 7.56. The van der Waals surface area contributed by atoms with E-state index in [1.54, 1.807) is 0 Å². The summed E-state index contributed by atoms with van der Waals surface area (Å²) in [5.41, 5.74) is 4.53. The molecule has 3 aromatic carbocycles. The first-order valence-corrected chi connectivity index (χ1v) is 9.15. The Morgan fingerprint density at radius 3 is 1.54 bits per heavy atom. The molecule has 3 aromatic rings.